The molecule has 4 heteroatoms. The van der Waals surface area contributed by atoms with E-state index in [1.165, 1.54) is 19.1 Å². The standard InChI is InChI=1S/C9H8F3N.C2H6/c1-3-5-8(9(10,11)12)7(4-2)6-13;1-2/h3-5H,2H2,1H3;1-2H3/b5-3-,8-7-;. The number of alkyl halides is 3. The summed E-state index contributed by atoms with van der Waals surface area (Å²) < 4.78 is 36.7. The molecule has 0 saturated carbocycles. The molecule has 1 nitrogen and oxygen atoms in total. The van der Waals surface area contributed by atoms with Crippen molar-refractivity contribution in [2.24, 2.45) is 0 Å². The highest BCUT2D eigenvalue weighted by Crippen LogP contribution is 2.29. The first-order valence-corrected chi connectivity index (χ1v) is 4.44. The molecule has 0 amide bonds. The Labute approximate surface area is 88.2 Å². The molecule has 0 aromatic heterocycles. The van der Waals surface area contributed by atoms with Crippen molar-refractivity contribution in [1.82, 2.24) is 0 Å². The van der Waals surface area contributed by atoms with Crippen LogP contribution in [0.2, 0.25) is 0 Å². The second-order valence-electron chi connectivity index (χ2n) is 2.14. The smallest absolute Gasteiger partial charge is 0.192 e. The molecule has 0 aliphatic rings. The molecule has 0 N–H and O–H groups in total. The van der Waals surface area contributed by atoms with E-state index in [1.54, 1.807) is 0 Å². The molecular formula is C11H14F3N. The number of hydrogen-bond acceptors (Lipinski definition) is 1. The van der Waals surface area contributed by atoms with E-state index in [-0.39, 0.29) is 0 Å². The van der Waals surface area contributed by atoms with E-state index in [1.807, 2.05) is 13.8 Å². The van der Waals surface area contributed by atoms with E-state index in [9.17, 15) is 13.2 Å². The van der Waals surface area contributed by atoms with Crippen molar-refractivity contribution in [2.45, 2.75) is 26.9 Å². The predicted molar refractivity (Wildman–Crippen MR) is 55.1 cm³/mol. The third-order valence-electron chi connectivity index (χ3n) is 1.25. The lowest BCUT2D eigenvalue weighted by atomic mass is 10.1. The van der Waals surface area contributed by atoms with Gasteiger partial charge in [0.2, 0.25) is 0 Å². The Morgan fingerprint density at radius 1 is 1.33 bits per heavy atom. The van der Waals surface area contributed by atoms with Crippen LogP contribution in [-0.4, -0.2) is 6.18 Å². The van der Waals surface area contributed by atoms with Crippen molar-refractivity contribution < 1.29 is 13.2 Å². The van der Waals surface area contributed by atoms with Crippen LogP contribution >= 0.6 is 0 Å². The van der Waals surface area contributed by atoms with Crippen LogP contribution in [0.15, 0.2) is 36.0 Å². The highest BCUT2D eigenvalue weighted by Gasteiger charge is 2.33. The van der Waals surface area contributed by atoms with Gasteiger partial charge in [0.05, 0.1) is 17.2 Å². The van der Waals surface area contributed by atoms with Gasteiger partial charge in [-0.2, -0.15) is 18.4 Å². The number of hydrogen-bond donors (Lipinski definition) is 0. The van der Waals surface area contributed by atoms with Crippen LogP contribution in [0.5, 0.6) is 0 Å². The van der Waals surface area contributed by atoms with E-state index in [2.05, 4.69) is 6.58 Å². The summed E-state index contributed by atoms with van der Waals surface area (Å²) in [4.78, 5) is 0. The quantitative estimate of drug-likeness (QED) is 0.503. The maximum Gasteiger partial charge on any atom is 0.417 e. The fourth-order valence-corrected chi connectivity index (χ4v) is 0.719. The Morgan fingerprint density at radius 3 is 2.00 bits per heavy atom. The average Bonchev–Trinajstić information content (AvgIpc) is 2.20. The first-order valence-electron chi connectivity index (χ1n) is 4.44. The fourth-order valence-electron chi connectivity index (χ4n) is 0.719. The van der Waals surface area contributed by atoms with Crippen molar-refractivity contribution in [2.75, 3.05) is 0 Å². The second kappa shape index (κ2) is 7.86. The molecule has 0 aromatic carbocycles. The van der Waals surface area contributed by atoms with Gasteiger partial charge in [0.1, 0.15) is 0 Å². The molecule has 0 unspecified atom stereocenters. The van der Waals surface area contributed by atoms with Crippen LogP contribution in [0, 0.1) is 11.3 Å². The lowest BCUT2D eigenvalue weighted by Crippen LogP contribution is -2.11. The molecule has 84 valence electrons. The number of nitrogens with zero attached hydrogens (tertiary/aromatic N) is 1. The minimum absolute atomic E-state index is 0.467. The maximum atomic E-state index is 12.2. The van der Waals surface area contributed by atoms with Gasteiger partial charge in [-0.1, -0.05) is 38.7 Å². The Kier molecular flexibility index (Phi) is 8.36. The lowest BCUT2D eigenvalue weighted by Gasteiger charge is -2.07. The number of nitriles is 1. The van der Waals surface area contributed by atoms with Crippen LogP contribution in [0.3, 0.4) is 0 Å². The Hall–Kier alpha value is -1.50. The Morgan fingerprint density at radius 2 is 1.80 bits per heavy atom. The molecule has 0 aliphatic heterocycles. The van der Waals surface area contributed by atoms with E-state index >= 15 is 0 Å². The van der Waals surface area contributed by atoms with Gasteiger partial charge >= 0.3 is 6.18 Å². The van der Waals surface area contributed by atoms with Crippen LogP contribution in [0.1, 0.15) is 20.8 Å². The van der Waals surface area contributed by atoms with E-state index in [0.717, 1.165) is 12.2 Å². The fraction of sp³-hybridized carbons (Fsp3) is 0.364. The third-order valence-corrected chi connectivity index (χ3v) is 1.25. The largest absolute Gasteiger partial charge is 0.417 e. The van der Waals surface area contributed by atoms with E-state index in [4.69, 9.17) is 5.26 Å². The summed E-state index contributed by atoms with van der Waals surface area (Å²) in [5, 5.41) is 8.37. The average molecular weight is 217 g/mol. The van der Waals surface area contributed by atoms with Gasteiger partial charge in [-0.05, 0) is 6.92 Å². The van der Waals surface area contributed by atoms with Gasteiger partial charge in [-0.15, -0.1) is 0 Å². The van der Waals surface area contributed by atoms with Gasteiger partial charge in [-0.25, -0.2) is 0 Å². The first kappa shape index (κ1) is 15.9. The topological polar surface area (TPSA) is 23.8 Å². The van der Waals surface area contributed by atoms with Crippen LogP contribution in [0.25, 0.3) is 0 Å². The molecule has 15 heavy (non-hydrogen) atoms. The molecule has 0 atom stereocenters. The molecule has 0 aliphatic carbocycles. The highest BCUT2D eigenvalue weighted by molar-refractivity contribution is 5.44. The number of halogens is 3. The predicted octanol–water partition coefficient (Wildman–Crippen LogP) is 4.16. The normalized spacial score (nSPS) is 12.3. The summed E-state index contributed by atoms with van der Waals surface area (Å²) in [6.45, 7) is 8.58. The molecule has 0 fully saturated rings. The number of allylic oxidation sites excluding steroid dienone is 5. The summed E-state index contributed by atoms with van der Waals surface area (Å²) in [5.41, 5.74) is -1.43. The summed E-state index contributed by atoms with van der Waals surface area (Å²) in [6, 6.07) is 1.43. The lowest BCUT2D eigenvalue weighted by molar-refractivity contribution is -0.0885. The monoisotopic (exact) mass is 217 g/mol. The molecule has 0 radical (unpaired) electrons. The van der Waals surface area contributed by atoms with Crippen LogP contribution in [-0.2, 0) is 0 Å². The summed E-state index contributed by atoms with van der Waals surface area (Å²) in [7, 11) is 0. The summed E-state index contributed by atoms with van der Waals surface area (Å²) >= 11 is 0. The highest BCUT2D eigenvalue weighted by atomic mass is 19.4. The van der Waals surface area contributed by atoms with Crippen molar-refractivity contribution >= 4 is 0 Å². The van der Waals surface area contributed by atoms with Crippen LogP contribution in [0.4, 0.5) is 13.2 Å². The molecule has 0 heterocycles. The molecule has 0 aromatic rings. The van der Waals surface area contributed by atoms with Gasteiger partial charge in [-0.3, -0.25) is 0 Å². The summed E-state index contributed by atoms with van der Waals surface area (Å²) in [5.74, 6) is 0. The van der Waals surface area contributed by atoms with Gasteiger partial charge in [0, 0.05) is 0 Å². The summed E-state index contributed by atoms with van der Waals surface area (Å²) in [6.07, 6.45) is -1.54. The molecule has 0 spiro atoms. The second-order valence-corrected chi connectivity index (χ2v) is 2.14. The van der Waals surface area contributed by atoms with Gasteiger partial charge < -0.3 is 0 Å². The van der Waals surface area contributed by atoms with Crippen molar-refractivity contribution in [3.8, 4) is 6.07 Å². The van der Waals surface area contributed by atoms with Crippen molar-refractivity contribution in [3.63, 3.8) is 0 Å². The first-order chi connectivity index (χ1) is 6.97. The van der Waals surface area contributed by atoms with Crippen molar-refractivity contribution in [1.29, 1.82) is 5.26 Å². The zero-order valence-corrected chi connectivity index (χ0v) is 9.02. The third kappa shape index (κ3) is 5.74. The Balaban J connectivity index is 0. The molecular weight excluding hydrogens is 203 g/mol. The SMILES string of the molecule is C=C/C(C#N)=C(\C=C/C)C(F)(F)F.CC. The van der Waals surface area contributed by atoms with Gasteiger partial charge in [0.25, 0.3) is 0 Å². The van der Waals surface area contributed by atoms with Gasteiger partial charge in [0.15, 0.2) is 0 Å². The molecule has 0 saturated heterocycles. The minimum Gasteiger partial charge on any atom is -0.192 e. The van der Waals surface area contributed by atoms with Crippen molar-refractivity contribution in [3.05, 3.63) is 36.0 Å². The molecule has 0 rings (SSSR count). The zero-order chi connectivity index (χ0) is 12.5. The van der Waals surface area contributed by atoms with E-state index < -0.39 is 17.3 Å². The minimum atomic E-state index is -4.51. The van der Waals surface area contributed by atoms with Crippen LogP contribution < -0.4 is 0 Å². The Bertz CT molecular complexity index is 290. The van der Waals surface area contributed by atoms with E-state index in [0.29, 0.717) is 0 Å². The molecule has 0 bridgehead atoms. The number of rotatable bonds is 2. The zero-order valence-electron chi connectivity index (χ0n) is 9.02. The maximum absolute atomic E-state index is 12.2.